The van der Waals surface area contributed by atoms with E-state index in [0.29, 0.717) is 0 Å². The van der Waals surface area contributed by atoms with Crippen molar-refractivity contribution in [3.05, 3.63) is 0 Å². The molecule has 7 heteroatoms. The zero-order valence-corrected chi connectivity index (χ0v) is 7.28. The SMILES string of the molecule is Cl.O=C(O)[C@H]1CCN[C@@H]1C(F)(F)F. The molecule has 0 amide bonds. The van der Waals surface area contributed by atoms with Gasteiger partial charge in [0.15, 0.2) is 0 Å². The van der Waals surface area contributed by atoms with Gasteiger partial charge in [0.25, 0.3) is 0 Å². The van der Waals surface area contributed by atoms with E-state index in [2.05, 4.69) is 5.32 Å². The van der Waals surface area contributed by atoms with Crippen molar-refractivity contribution >= 4 is 18.4 Å². The Balaban J connectivity index is 0.00000144. The Hall–Kier alpha value is -0.490. The minimum absolute atomic E-state index is 0. The second-order valence-corrected chi connectivity index (χ2v) is 2.71. The van der Waals surface area contributed by atoms with Gasteiger partial charge >= 0.3 is 12.1 Å². The summed E-state index contributed by atoms with van der Waals surface area (Å²) >= 11 is 0. The van der Waals surface area contributed by atoms with Crippen LogP contribution < -0.4 is 5.32 Å². The number of hydrogen-bond acceptors (Lipinski definition) is 2. The molecular weight excluding hydrogens is 211 g/mol. The van der Waals surface area contributed by atoms with Gasteiger partial charge in [-0.15, -0.1) is 12.4 Å². The third-order valence-electron chi connectivity index (χ3n) is 1.89. The maximum Gasteiger partial charge on any atom is 0.404 e. The van der Waals surface area contributed by atoms with Gasteiger partial charge in [-0.2, -0.15) is 13.2 Å². The minimum Gasteiger partial charge on any atom is -0.481 e. The van der Waals surface area contributed by atoms with E-state index < -0.39 is 24.1 Å². The van der Waals surface area contributed by atoms with Crippen LogP contribution in [-0.2, 0) is 4.79 Å². The highest BCUT2D eigenvalue weighted by atomic mass is 35.5. The molecule has 3 nitrogen and oxygen atoms in total. The first-order valence-corrected chi connectivity index (χ1v) is 3.46. The number of carboxylic acid groups (broad SMARTS) is 1. The van der Waals surface area contributed by atoms with Crippen molar-refractivity contribution in [2.45, 2.75) is 18.6 Å². The Kier molecular flexibility index (Phi) is 3.99. The molecule has 1 aliphatic heterocycles. The van der Waals surface area contributed by atoms with Crippen LogP contribution in [0, 0.1) is 5.92 Å². The van der Waals surface area contributed by atoms with Crippen LogP contribution in [-0.4, -0.2) is 29.8 Å². The van der Waals surface area contributed by atoms with Crippen molar-refractivity contribution in [1.82, 2.24) is 5.32 Å². The fourth-order valence-corrected chi connectivity index (χ4v) is 1.31. The highest BCUT2D eigenvalue weighted by Gasteiger charge is 2.49. The molecule has 0 aromatic rings. The van der Waals surface area contributed by atoms with E-state index in [4.69, 9.17) is 5.11 Å². The van der Waals surface area contributed by atoms with Crippen molar-refractivity contribution in [3.8, 4) is 0 Å². The third-order valence-corrected chi connectivity index (χ3v) is 1.89. The molecule has 1 heterocycles. The van der Waals surface area contributed by atoms with Crippen LogP contribution >= 0.6 is 12.4 Å². The predicted octanol–water partition coefficient (Wildman–Crippen LogP) is 1.03. The maximum absolute atomic E-state index is 12.0. The number of carboxylic acids is 1. The van der Waals surface area contributed by atoms with Crippen molar-refractivity contribution in [1.29, 1.82) is 0 Å². The molecule has 1 rings (SSSR count). The molecule has 0 radical (unpaired) electrons. The van der Waals surface area contributed by atoms with Crippen molar-refractivity contribution in [3.63, 3.8) is 0 Å². The Bertz CT molecular complexity index is 197. The maximum atomic E-state index is 12.0. The zero-order chi connectivity index (χ0) is 9.35. The molecule has 0 aromatic heterocycles. The molecular formula is C6H9ClF3NO2. The second kappa shape index (κ2) is 4.15. The summed E-state index contributed by atoms with van der Waals surface area (Å²) in [5.41, 5.74) is 0. The van der Waals surface area contributed by atoms with Gasteiger partial charge in [-0.05, 0) is 13.0 Å². The number of aliphatic carboxylic acids is 1. The first-order valence-electron chi connectivity index (χ1n) is 3.46. The lowest BCUT2D eigenvalue weighted by molar-refractivity contribution is -0.173. The Morgan fingerprint density at radius 2 is 2.00 bits per heavy atom. The van der Waals surface area contributed by atoms with Crippen molar-refractivity contribution in [2.75, 3.05) is 6.54 Å². The van der Waals surface area contributed by atoms with Gasteiger partial charge in [-0.25, -0.2) is 0 Å². The third kappa shape index (κ3) is 2.73. The smallest absolute Gasteiger partial charge is 0.404 e. The molecule has 0 bridgehead atoms. The highest BCUT2D eigenvalue weighted by molar-refractivity contribution is 5.85. The van der Waals surface area contributed by atoms with Crippen LogP contribution in [0.3, 0.4) is 0 Å². The molecule has 13 heavy (non-hydrogen) atoms. The predicted molar refractivity (Wildman–Crippen MR) is 40.8 cm³/mol. The Morgan fingerprint density at radius 3 is 2.31 bits per heavy atom. The summed E-state index contributed by atoms with van der Waals surface area (Å²) in [6.45, 7) is 0.112. The van der Waals surface area contributed by atoms with Crippen molar-refractivity contribution in [2.24, 2.45) is 5.92 Å². The van der Waals surface area contributed by atoms with Gasteiger partial charge < -0.3 is 10.4 Å². The first-order chi connectivity index (χ1) is 5.43. The number of alkyl halides is 3. The lowest BCUT2D eigenvalue weighted by atomic mass is 10.0. The van der Waals surface area contributed by atoms with Gasteiger partial charge in [0, 0.05) is 0 Å². The molecule has 2 N–H and O–H groups in total. The Labute approximate surface area is 78.7 Å². The minimum atomic E-state index is -4.46. The molecule has 78 valence electrons. The lowest BCUT2D eigenvalue weighted by Crippen LogP contribution is -2.44. The lowest BCUT2D eigenvalue weighted by Gasteiger charge is -2.18. The average Bonchev–Trinajstić information content (AvgIpc) is 2.30. The van der Waals surface area contributed by atoms with Crippen LogP contribution in [0.1, 0.15) is 6.42 Å². The fraction of sp³-hybridized carbons (Fsp3) is 0.833. The summed E-state index contributed by atoms with van der Waals surface area (Å²) in [6.07, 6.45) is -4.42. The summed E-state index contributed by atoms with van der Waals surface area (Å²) in [5.74, 6) is -2.72. The molecule has 1 aliphatic rings. The van der Waals surface area contributed by atoms with Gasteiger partial charge in [0.1, 0.15) is 6.04 Å². The topological polar surface area (TPSA) is 49.3 Å². The molecule has 0 unspecified atom stereocenters. The van der Waals surface area contributed by atoms with Crippen LogP contribution in [0.15, 0.2) is 0 Å². The van der Waals surface area contributed by atoms with E-state index in [1.54, 1.807) is 0 Å². The van der Waals surface area contributed by atoms with Gasteiger partial charge in [-0.3, -0.25) is 4.79 Å². The fourth-order valence-electron chi connectivity index (χ4n) is 1.31. The molecule has 0 aliphatic carbocycles. The Morgan fingerprint density at radius 1 is 1.46 bits per heavy atom. The first kappa shape index (κ1) is 12.5. The summed E-state index contributed by atoms with van der Waals surface area (Å²) in [5, 5.41) is 10.5. The number of halogens is 4. The monoisotopic (exact) mass is 219 g/mol. The molecule has 0 saturated carbocycles. The summed E-state index contributed by atoms with van der Waals surface area (Å²) in [4.78, 5) is 10.3. The van der Waals surface area contributed by atoms with Crippen LogP contribution in [0.2, 0.25) is 0 Å². The number of nitrogens with one attached hydrogen (secondary N) is 1. The second-order valence-electron chi connectivity index (χ2n) is 2.71. The van der Waals surface area contributed by atoms with E-state index >= 15 is 0 Å². The highest BCUT2D eigenvalue weighted by Crippen LogP contribution is 2.30. The van der Waals surface area contributed by atoms with E-state index in [1.807, 2.05) is 0 Å². The van der Waals surface area contributed by atoms with Gasteiger partial charge in [-0.1, -0.05) is 0 Å². The molecule has 0 aromatic carbocycles. The van der Waals surface area contributed by atoms with Crippen LogP contribution in [0.25, 0.3) is 0 Å². The molecule has 1 fully saturated rings. The standard InChI is InChI=1S/C6H8F3NO2.ClH/c7-6(8,9)4-3(5(11)12)1-2-10-4;/h3-4,10H,1-2H2,(H,11,12);1H/t3-,4-;/m0./s1. The number of rotatable bonds is 1. The quantitative estimate of drug-likeness (QED) is 0.693. The van der Waals surface area contributed by atoms with E-state index in [-0.39, 0.29) is 25.4 Å². The summed E-state index contributed by atoms with van der Waals surface area (Å²) < 4.78 is 36.1. The number of hydrogen-bond donors (Lipinski definition) is 2. The normalized spacial score (nSPS) is 28.2. The van der Waals surface area contributed by atoms with Crippen LogP contribution in [0.5, 0.6) is 0 Å². The molecule has 1 saturated heterocycles. The summed E-state index contributed by atoms with van der Waals surface area (Å²) in [7, 11) is 0. The molecule has 2 atom stereocenters. The largest absolute Gasteiger partial charge is 0.481 e. The molecule has 0 spiro atoms. The van der Waals surface area contributed by atoms with Crippen LogP contribution in [0.4, 0.5) is 13.2 Å². The zero-order valence-electron chi connectivity index (χ0n) is 6.47. The number of carbonyl (C=O) groups is 1. The average molecular weight is 220 g/mol. The van der Waals surface area contributed by atoms with Gasteiger partial charge in [0.2, 0.25) is 0 Å². The van der Waals surface area contributed by atoms with Crippen molar-refractivity contribution < 1.29 is 23.1 Å². The van der Waals surface area contributed by atoms with E-state index in [0.717, 1.165) is 0 Å². The summed E-state index contributed by atoms with van der Waals surface area (Å²) in [6, 6.07) is -1.88. The van der Waals surface area contributed by atoms with E-state index in [9.17, 15) is 18.0 Å². The van der Waals surface area contributed by atoms with E-state index in [1.165, 1.54) is 0 Å². The van der Waals surface area contributed by atoms with Gasteiger partial charge in [0.05, 0.1) is 5.92 Å².